The molecule has 5 nitrogen and oxygen atoms in total. The molecule has 0 saturated carbocycles. The predicted octanol–water partition coefficient (Wildman–Crippen LogP) is 2.75. The maximum atomic E-state index is 11.8. The van der Waals surface area contributed by atoms with Crippen molar-refractivity contribution in [2.45, 2.75) is 51.7 Å². The first-order valence-corrected chi connectivity index (χ1v) is 9.24. The van der Waals surface area contributed by atoms with E-state index < -0.39 is 14.8 Å². The van der Waals surface area contributed by atoms with E-state index in [0.29, 0.717) is 6.54 Å². The molecule has 0 radical (unpaired) electrons. The molecule has 0 aliphatic heterocycles. The van der Waals surface area contributed by atoms with Gasteiger partial charge in [0, 0.05) is 18.5 Å². The van der Waals surface area contributed by atoms with Gasteiger partial charge >= 0.3 is 0 Å². The van der Waals surface area contributed by atoms with E-state index in [1.54, 1.807) is 32.1 Å². The summed E-state index contributed by atoms with van der Waals surface area (Å²) >= 11 is 1.61. The van der Waals surface area contributed by atoms with Crippen molar-refractivity contribution in [3.05, 3.63) is 11.1 Å². The molecule has 1 aromatic heterocycles. The van der Waals surface area contributed by atoms with E-state index in [-0.39, 0.29) is 0 Å². The van der Waals surface area contributed by atoms with Crippen molar-refractivity contribution in [1.29, 1.82) is 0 Å². The van der Waals surface area contributed by atoms with Crippen LogP contribution in [0.2, 0.25) is 0 Å². The molecule has 1 rings (SSSR count). The Bertz CT molecular complexity index is 504. The first-order valence-electron chi connectivity index (χ1n) is 6.87. The number of aromatic nitrogens is 1. The number of nitrogens with zero attached hydrogens (tertiary/aromatic N) is 1. The Morgan fingerprint density at radius 3 is 2.40 bits per heavy atom. The Kier molecular flexibility index (Phi) is 6.42. The van der Waals surface area contributed by atoms with Crippen LogP contribution >= 0.6 is 11.3 Å². The van der Waals surface area contributed by atoms with Crippen LogP contribution < -0.4 is 10.0 Å². The Balaban J connectivity index is 2.08. The Hall–Kier alpha value is -0.660. The van der Waals surface area contributed by atoms with Crippen molar-refractivity contribution < 1.29 is 8.42 Å². The quantitative estimate of drug-likeness (QED) is 0.723. The standard InChI is InChI=1S/C13H25N3O2S2/c1-11-10-19-12(16-11)14-8-6-5-7-9-15-20(17,18)13(2,3)4/h10,15H,5-9H2,1-4H3,(H,14,16). The van der Waals surface area contributed by atoms with Crippen LogP contribution in [0.3, 0.4) is 0 Å². The van der Waals surface area contributed by atoms with Crippen LogP contribution in [0.5, 0.6) is 0 Å². The van der Waals surface area contributed by atoms with Gasteiger partial charge in [0.1, 0.15) is 0 Å². The number of anilines is 1. The number of aryl methyl sites for hydroxylation is 1. The molecule has 0 saturated heterocycles. The lowest BCUT2D eigenvalue weighted by molar-refractivity contribution is 0.540. The number of nitrogens with one attached hydrogen (secondary N) is 2. The molecule has 0 amide bonds. The average Bonchev–Trinajstić information content (AvgIpc) is 2.72. The van der Waals surface area contributed by atoms with Gasteiger partial charge in [-0.1, -0.05) is 6.42 Å². The van der Waals surface area contributed by atoms with Gasteiger partial charge in [0.05, 0.1) is 10.4 Å². The zero-order valence-corrected chi connectivity index (χ0v) is 14.3. The van der Waals surface area contributed by atoms with Gasteiger partial charge in [0.15, 0.2) is 5.13 Å². The molecule has 0 fully saturated rings. The van der Waals surface area contributed by atoms with Gasteiger partial charge in [0.25, 0.3) is 0 Å². The van der Waals surface area contributed by atoms with Crippen molar-refractivity contribution in [2.75, 3.05) is 18.4 Å². The number of unbranched alkanes of at least 4 members (excludes halogenated alkanes) is 2. The third-order valence-electron chi connectivity index (χ3n) is 2.85. The van der Waals surface area contributed by atoms with E-state index in [1.165, 1.54) is 0 Å². The molecule has 2 N–H and O–H groups in total. The van der Waals surface area contributed by atoms with E-state index in [2.05, 4.69) is 15.0 Å². The summed E-state index contributed by atoms with van der Waals surface area (Å²) in [6.07, 6.45) is 2.85. The molecule has 0 aromatic carbocycles. The minimum Gasteiger partial charge on any atom is -0.362 e. The second kappa shape index (κ2) is 7.38. The molecule has 0 bridgehead atoms. The van der Waals surface area contributed by atoms with Crippen LogP contribution in [0.4, 0.5) is 5.13 Å². The van der Waals surface area contributed by atoms with Gasteiger partial charge in [-0.25, -0.2) is 18.1 Å². The molecular formula is C13H25N3O2S2. The molecule has 116 valence electrons. The molecule has 0 spiro atoms. The highest BCUT2D eigenvalue weighted by Crippen LogP contribution is 2.15. The number of thiazole rings is 1. The van der Waals surface area contributed by atoms with Crippen LogP contribution in [0.1, 0.15) is 45.7 Å². The van der Waals surface area contributed by atoms with Crippen molar-refractivity contribution in [2.24, 2.45) is 0 Å². The first kappa shape index (κ1) is 17.4. The summed E-state index contributed by atoms with van der Waals surface area (Å²) in [6, 6.07) is 0. The SMILES string of the molecule is Cc1csc(NCCCCCNS(=O)(=O)C(C)(C)C)n1. The van der Waals surface area contributed by atoms with Crippen molar-refractivity contribution in [3.63, 3.8) is 0 Å². The maximum Gasteiger partial charge on any atom is 0.216 e. The molecule has 0 aliphatic rings. The second-order valence-corrected chi connectivity index (χ2v) is 9.17. The first-order chi connectivity index (χ1) is 9.22. The Labute approximate surface area is 126 Å². The highest BCUT2D eigenvalue weighted by Gasteiger charge is 2.27. The monoisotopic (exact) mass is 319 g/mol. The van der Waals surface area contributed by atoms with Gasteiger partial charge in [-0.2, -0.15) is 0 Å². The van der Waals surface area contributed by atoms with Crippen molar-refractivity contribution in [3.8, 4) is 0 Å². The summed E-state index contributed by atoms with van der Waals surface area (Å²) in [5.41, 5.74) is 1.04. The lowest BCUT2D eigenvalue weighted by Gasteiger charge is -2.19. The van der Waals surface area contributed by atoms with E-state index >= 15 is 0 Å². The second-order valence-electron chi connectivity index (χ2n) is 5.79. The zero-order valence-electron chi connectivity index (χ0n) is 12.7. The lowest BCUT2D eigenvalue weighted by Crippen LogP contribution is -2.39. The zero-order chi connectivity index (χ0) is 15.2. The topological polar surface area (TPSA) is 71.1 Å². The molecule has 0 atom stereocenters. The normalized spacial score (nSPS) is 12.6. The van der Waals surface area contributed by atoms with Crippen LogP contribution in [0.25, 0.3) is 0 Å². The number of sulfonamides is 1. The van der Waals surface area contributed by atoms with E-state index in [0.717, 1.165) is 36.6 Å². The fraction of sp³-hybridized carbons (Fsp3) is 0.769. The van der Waals surface area contributed by atoms with Gasteiger partial charge in [-0.3, -0.25) is 0 Å². The summed E-state index contributed by atoms with van der Waals surface area (Å²) in [4.78, 5) is 4.32. The van der Waals surface area contributed by atoms with Gasteiger partial charge in [-0.05, 0) is 40.5 Å². The lowest BCUT2D eigenvalue weighted by atomic mass is 10.2. The molecule has 1 heterocycles. The van der Waals surface area contributed by atoms with Crippen molar-refractivity contribution >= 4 is 26.5 Å². The van der Waals surface area contributed by atoms with E-state index in [4.69, 9.17) is 0 Å². The minimum atomic E-state index is -3.20. The summed E-state index contributed by atoms with van der Waals surface area (Å²) < 4.78 is 25.5. The van der Waals surface area contributed by atoms with Crippen molar-refractivity contribution in [1.82, 2.24) is 9.71 Å². The third kappa shape index (κ3) is 5.76. The minimum absolute atomic E-state index is 0.510. The summed E-state index contributed by atoms with van der Waals surface area (Å²) in [5, 5.41) is 6.24. The van der Waals surface area contributed by atoms with Crippen LogP contribution in [0, 0.1) is 6.92 Å². The molecular weight excluding hydrogens is 294 g/mol. The fourth-order valence-corrected chi connectivity index (χ4v) is 3.04. The van der Waals surface area contributed by atoms with Gasteiger partial charge < -0.3 is 5.32 Å². The fourth-order valence-electron chi connectivity index (χ4n) is 1.48. The molecule has 0 aliphatic carbocycles. The van der Waals surface area contributed by atoms with Crippen LogP contribution in [-0.2, 0) is 10.0 Å². The summed E-state index contributed by atoms with van der Waals surface area (Å²) in [6.45, 7) is 8.47. The van der Waals surface area contributed by atoms with Gasteiger partial charge in [-0.15, -0.1) is 11.3 Å². The number of rotatable bonds is 8. The van der Waals surface area contributed by atoms with E-state index in [1.807, 2.05) is 12.3 Å². The highest BCUT2D eigenvalue weighted by molar-refractivity contribution is 7.90. The molecule has 7 heteroatoms. The Morgan fingerprint density at radius 2 is 1.85 bits per heavy atom. The molecule has 0 unspecified atom stereocenters. The van der Waals surface area contributed by atoms with E-state index in [9.17, 15) is 8.42 Å². The highest BCUT2D eigenvalue weighted by atomic mass is 32.2. The average molecular weight is 319 g/mol. The largest absolute Gasteiger partial charge is 0.362 e. The van der Waals surface area contributed by atoms with Crippen LogP contribution in [0.15, 0.2) is 5.38 Å². The van der Waals surface area contributed by atoms with Gasteiger partial charge in [0.2, 0.25) is 10.0 Å². The summed E-state index contributed by atoms with van der Waals surface area (Å²) in [7, 11) is -3.20. The molecule has 1 aromatic rings. The number of hydrogen-bond acceptors (Lipinski definition) is 5. The maximum absolute atomic E-state index is 11.8. The molecule has 20 heavy (non-hydrogen) atoms. The predicted molar refractivity (Wildman–Crippen MR) is 85.9 cm³/mol. The smallest absolute Gasteiger partial charge is 0.216 e. The van der Waals surface area contributed by atoms with Crippen LogP contribution in [-0.4, -0.2) is 31.2 Å². The number of hydrogen-bond donors (Lipinski definition) is 2. The Morgan fingerprint density at radius 1 is 1.20 bits per heavy atom. The third-order valence-corrected chi connectivity index (χ3v) is 5.96. The summed E-state index contributed by atoms with van der Waals surface area (Å²) in [5.74, 6) is 0.